The van der Waals surface area contributed by atoms with Crippen LogP contribution in [0.2, 0.25) is 0 Å². The Balaban J connectivity index is 2.04. The van der Waals surface area contributed by atoms with Gasteiger partial charge in [-0.1, -0.05) is 12.1 Å². The molecule has 1 fully saturated rings. The van der Waals surface area contributed by atoms with Crippen molar-refractivity contribution in [3.63, 3.8) is 0 Å². The standard InChI is InChI=1S/C14H19NO3/c1-18-10-11-5-4-6-12(9-11)15-13(16)14(17)7-2-3-8-14/h4-6,9,17H,2-3,7-8,10H2,1H3,(H,15,16). The van der Waals surface area contributed by atoms with Crippen molar-refractivity contribution in [2.24, 2.45) is 0 Å². The maximum Gasteiger partial charge on any atom is 0.256 e. The van der Waals surface area contributed by atoms with E-state index >= 15 is 0 Å². The average molecular weight is 249 g/mol. The van der Waals surface area contributed by atoms with Crippen LogP contribution in [-0.4, -0.2) is 23.7 Å². The molecule has 2 N–H and O–H groups in total. The van der Waals surface area contributed by atoms with Crippen molar-refractivity contribution in [3.05, 3.63) is 29.8 Å². The molecule has 0 saturated heterocycles. The molecule has 0 bridgehead atoms. The van der Waals surface area contributed by atoms with Crippen molar-refractivity contribution < 1.29 is 14.6 Å². The Hall–Kier alpha value is -1.39. The molecule has 0 radical (unpaired) electrons. The van der Waals surface area contributed by atoms with E-state index in [2.05, 4.69) is 5.32 Å². The van der Waals surface area contributed by atoms with E-state index in [1.165, 1.54) is 0 Å². The Labute approximate surface area is 107 Å². The summed E-state index contributed by atoms with van der Waals surface area (Å²) in [6.07, 6.45) is 2.93. The molecular weight excluding hydrogens is 230 g/mol. The number of nitrogens with one attached hydrogen (secondary N) is 1. The highest BCUT2D eigenvalue weighted by Gasteiger charge is 2.38. The van der Waals surface area contributed by atoms with Gasteiger partial charge in [-0.05, 0) is 43.4 Å². The van der Waals surface area contributed by atoms with E-state index in [1.807, 2.05) is 24.3 Å². The van der Waals surface area contributed by atoms with Gasteiger partial charge < -0.3 is 15.2 Å². The summed E-state index contributed by atoms with van der Waals surface area (Å²) in [6.45, 7) is 0.508. The van der Waals surface area contributed by atoms with Gasteiger partial charge in [0.05, 0.1) is 6.61 Å². The molecular formula is C14H19NO3. The SMILES string of the molecule is COCc1cccc(NC(=O)C2(O)CCCC2)c1. The Bertz CT molecular complexity index is 425. The molecule has 2 rings (SSSR count). The number of benzene rings is 1. The number of carbonyl (C=O) groups excluding carboxylic acids is 1. The lowest BCUT2D eigenvalue weighted by Gasteiger charge is -2.21. The summed E-state index contributed by atoms with van der Waals surface area (Å²) in [5.74, 6) is -0.297. The van der Waals surface area contributed by atoms with Gasteiger partial charge in [0.2, 0.25) is 0 Å². The second-order valence-corrected chi connectivity index (χ2v) is 4.83. The lowest BCUT2D eigenvalue weighted by molar-refractivity contribution is -0.133. The number of rotatable bonds is 4. The molecule has 4 heteroatoms. The number of methoxy groups -OCH3 is 1. The van der Waals surface area contributed by atoms with E-state index in [9.17, 15) is 9.90 Å². The summed E-state index contributed by atoms with van der Waals surface area (Å²) in [4.78, 5) is 12.0. The van der Waals surface area contributed by atoms with Crippen LogP contribution in [0.15, 0.2) is 24.3 Å². The molecule has 98 valence electrons. The molecule has 18 heavy (non-hydrogen) atoms. The lowest BCUT2D eigenvalue weighted by Crippen LogP contribution is -2.40. The zero-order valence-corrected chi connectivity index (χ0v) is 10.6. The Morgan fingerprint density at radius 3 is 2.83 bits per heavy atom. The summed E-state index contributed by atoms with van der Waals surface area (Å²) in [6, 6.07) is 7.47. The molecule has 0 atom stereocenters. The topological polar surface area (TPSA) is 58.6 Å². The van der Waals surface area contributed by atoms with Crippen molar-refractivity contribution >= 4 is 11.6 Å². The number of anilines is 1. The van der Waals surface area contributed by atoms with Crippen LogP contribution < -0.4 is 5.32 Å². The minimum Gasteiger partial charge on any atom is -0.380 e. The summed E-state index contributed by atoms with van der Waals surface area (Å²) in [7, 11) is 1.63. The fourth-order valence-corrected chi connectivity index (χ4v) is 2.34. The number of carbonyl (C=O) groups is 1. The highest BCUT2D eigenvalue weighted by atomic mass is 16.5. The van der Waals surface area contributed by atoms with Crippen LogP contribution in [0.25, 0.3) is 0 Å². The number of hydrogen-bond donors (Lipinski definition) is 2. The third kappa shape index (κ3) is 2.89. The zero-order chi connectivity index (χ0) is 13.0. The van der Waals surface area contributed by atoms with Crippen molar-refractivity contribution in [1.29, 1.82) is 0 Å². The number of aliphatic hydroxyl groups is 1. The van der Waals surface area contributed by atoms with Gasteiger partial charge in [-0.25, -0.2) is 0 Å². The fourth-order valence-electron chi connectivity index (χ4n) is 2.34. The van der Waals surface area contributed by atoms with Gasteiger partial charge in [0, 0.05) is 12.8 Å². The molecule has 1 amide bonds. The van der Waals surface area contributed by atoms with E-state index in [1.54, 1.807) is 7.11 Å². The molecule has 0 aromatic heterocycles. The second kappa shape index (κ2) is 5.50. The maximum atomic E-state index is 12.0. The van der Waals surface area contributed by atoms with Crippen LogP contribution >= 0.6 is 0 Å². The summed E-state index contributed by atoms with van der Waals surface area (Å²) < 4.78 is 5.05. The van der Waals surface area contributed by atoms with Crippen molar-refractivity contribution in [2.45, 2.75) is 37.9 Å². The minimum atomic E-state index is -1.18. The predicted molar refractivity (Wildman–Crippen MR) is 69.2 cm³/mol. The predicted octanol–water partition coefficient (Wildman–Crippen LogP) is 2.08. The van der Waals surface area contributed by atoms with Crippen LogP contribution in [-0.2, 0) is 16.1 Å². The molecule has 1 aromatic carbocycles. The number of hydrogen-bond acceptors (Lipinski definition) is 3. The monoisotopic (exact) mass is 249 g/mol. The van der Waals surface area contributed by atoms with Crippen molar-refractivity contribution in [1.82, 2.24) is 0 Å². The van der Waals surface area contributed by atoms with Gasteiger partial charge in [-0.3, -0.25) is 4.79 Å². The first-order valence-electron chi connectivity index (χ1n) is 6.26. The summed E-state index contributed by atoms with van der Waals surface area (Å²) in [5.41, 5.74) is 0.514. The fraction of sp³-hybridized carbons (Fsp3) is 0.500. The van der Waals surface area contributed by atoms with Gasteiger partial charge >= 0.3 is 0 Å². The molecule has 0 heterocycles. The average Bonchev–Trinajstić information content (AvgIpc) is 2.78. The molecule has 1 saturated carbocycles. The maximum absolute atomic E-state index is 12.0. The molecule has 4 nitrogen and oxygen atoms in total. The third-order valence-corrected chi connectivity index (χ3v) is 3.35. The van der Waals surface area contributed by atoms with E-state index in [4.69, 9.17) is 4.74 Å². The van der Waals surface area contributed by atoms with Crippen LogP contribution in [0.5, 0.6) is 0 Å². The molecule has 0 spiro atoms. The van der Waals surface area contributed by atoms with E-state index < -0.39 is 5.60 Å². The first kappa shape index (κ1) is 13.1. The molecule has 1 aliphatic carbocycles. The summed E-state index contributed by atoms with van der Waals surface area (Å²) >= 11 is 0. The number of amides is 1. The normalized spacial score (nSPS) is 17.7. The second-order valence-electron chi connectivity index (χ2n) is 4.83. The quantitative estimate of drug-likeness (QED) is 0.859. The van der Waals surface area contributed by atoms with E-state index in [0.717, 1.165) is 18.4 Å². The van der Waals surface area contributed by atoms with Gasteiger partial charge in [0.15, 0.2) is 0 Å². The van der Waals surface area contributed by atoms with Gasteiger partial charge in [-0.15, -0.1) is 0 Å². The van der Waals surface area contributed by atoms with Gasteiger partial charge in [0.25, 0.3) is 5.91 Å². The van der Waals surface area contributed by atoms with Crippen LogP contribution in [0, 0.1) is 0 Å². The van der Waals surface area contributed by atoms with Gasteiger partial charge in [0.1, 0.15) is 5.60 Å². The van der Waals surface area contributed by atoms with Crippen molar-refractivity contribution in [2.75, 3.05) is 12.4 Å². The number of ether oxygens (including phenoxy) is 1. The Morgan fingerprint density at radius 2 is 2.17 bits per heavy atom. The highest BCUT2D eigenvalue weighted by molar-refractivity contribution is 5.97. The van der Waals surface area contributed by atoms with Crippen molar-refractivity contribution in [3.8, 4) is 0 Å². The van der Waals surface area contributed by atoms with Gasteiger partial charge in [-0.2, -0.15) is 0 Å². The Kier molecular flexibility index (Phi) is 3.99. The van der Waals surface area contributed by atoms with E-state index in [0.29, 0.717) is 25.1 Å². The highest BCUT2D eigenvalue weighted by Crippen LogP contribution is 2.30. The smallest absolute Gasteiger partial charge is 0.256 e. The minimum absolute atomic E-state index is 0.297. The molecule has 1 aliphatic rings. The summed E-state index contributed by atoms with van der Waals surface area (Å²) in [5, 5.41) is 12.9. The van der Waals surface area contributed by atoms with Crippen LogP contribution in [0.1, 0.15) is 31.2 Å². The van der Waals surface area contributed by atoms with Crippen LogP contribution in [0.3, 0.4) is 0 Å². The molecule has 0 unspecified atom stereocenters. The first-order chi connectivity index (χ1) is 8.64. The first-order valence-corrected chi connectivity index (χ1v) is 6.26. The zero-order valence-electron chi connectivity index (χ0n) is 10.6. The molecule has 0 aliphatic heterocycles. The lowest BCUT2D eigenvalue weighted by atomic mass is 10.0. The molecule has 1 aromatic rings. The van der Waals surface area contributed by atoms with E-state index in [-0.39, 0.29) is 5.91 Å². The largest absolute Gasteiger partial charge is 0.380 e. The Morgan fingerprint density at radius 1 is 1.44 bits per heavy atom. The van der Waals surface area contributed by atoms with Crippen LogP contribution in [0.4, 0.5) is 5.69 Å². The third-order valence-electron chi connectivity index (χ3n) is 3.35.